The number of nitrogens with zero attached hydrogens (tertiary/aromatic N) is 1. The molecule has 0 saturated heterocycles. The van der Waals surface area contributed by atoms with Crippen LogP contribution in [0.5, 0.6) is 5.75 Å². The van der Waals surface area contributed by atoms with E-state index in [0.717, 1.165) is 6.42 Å². The predicted molar refractivity (Wildman–Crippen MR) is 85.7 cm³/mol. The Morgan fingerprint density at radius 3 is 2.64 bits per heavy atom. The maximum Gasteiger partial charge on any atom is 0.265 e. The standard InChI is InChI=1S/C18H18N2O2/c1-3-14-7-9-17(10-8-14)22-13(2)18(21)20-16-6-4-5-15(11-16)12-19/h4-11,13H,3H2,1-2H3,(H,20,21). The van der Waals surface area contributed by atoms with Gasteiger partial charge < -0.3 is 10.1 Å². The van der Waals surface area contributed by atoms with Crippen LogP contribution in [0.25, 0.3) is 0 Å². The number of nitriles is 1. The van der Waals surface area contributed by atoms with Crippen molar-refractivity contribution in [2.45, 2.75) is 26.4 Å². The summed E-state index contributed by atoms with van der Waals surface area (Å²) in [6, 6.07) is 16.5. The summed E-state index contributed by atoms with van der Waals surface area (Å²) in [5.74, 6) is 0.403. The molecule has 0 fully saturated rings. The van der Waals surface area contributed by atoms with Crippen molar-refractivity contribution in [1.29, 1.82) is 5.26 Å². The van der Waals surface area contributed by atoms with Gasteiger partial charge in [0, 0.05) is 5.69 Å². The van der Waals surface area contributed by atoms with Gasteiger partial charge in [-0.3, -0.25) is 4.79 Å². The Hall–Kier alpha value is -2.80. The molecular weight excluding hydrogens is 276 g/mol. The number of ether oxygens (including phenoxy) is 1. The van der Waals surface area contributed by atoms with Crippen LogP contribution in [0.1, 0.15) is 25.0 Å². The molecule has 0 aromatic heterocycles. The minimum Gasteiger partial charge on any atom is -0.481 e. The fraction of sp³-hybridized carbons (Fsp3) is 0.222. The number of benzene rings is 2. The van der Waals surface area contributed by atoms with Crippen molar-refractivity contribution in [3.8, 4) is 11.8 Å². The summed E-state index contributed by atoms with van der Waals surface area (Å²) < 4.78 is 5.63. The van der Waals surface area contributed by atoms with Gasteiger partial charge >= 0.3 is 0 Å². The zero-order valence-corrected chi connectivity index (χ0v) is 12.7. The van der Waals surface area contributed by atoms with E-state index in [9.17, 15) is 4.79 Å². The molecule has 1 atom stereocenters. The third-order valence-corrected chi connectivity index (χ3v) is 3.27. The minimum absolute atomic E-state index is 0.255. The summed E-state index contributed by atoms with van der Waals surface area (Å²) in [5, 5.41) is 11.6. The first-order valence-electron chi connectivity index (χ1n) is 7.19. The molecule has 1 unspecified atom stereocenters. The lowest BCUT2D eigenvalue weighted by Crippen LogP contribution is -2.30. The van der Waals surface area contributed by atoms with Gasteiger partial charge in [-0.05, 0) is 49.2 Å². The van der Waals surface area contributed by atoms with Crippen molar-refractivity contribution in [1.82, 2.24) is 0 Å². The molecule has 1 N–H and O–H groups in total. The second kappa shape index (κ2) is 7.28. The van der Waals surface area contributed by atoms with E-state index >= 15 is 0 Å². The average Bonchev–Trinajstić information content (AvgIpc) is 2.55. The van der Waals surface area contributed by atoms with E-state index in [4.69, 9.17) is 10.00 Å². The third-order valence-electron chi connectivity index (χ3n) is 3.27. The highest BCUT2D eigenvalue weighted by Crippen LogP contribution is 2.15. The molecular formula is C18H18N2O2. The molecule has 0 heterocycles. The van der Waals surface area contributed by atoms with Crippen molar-refractivity contribution < 1.29 is 9.53 Å². The second-order valence-electron chi connectivity index (χ2n) is 4.94. The number of nitrogens with one attached hydrogen (secondary N) is 1. The Kier molecular flexibility index (Phi) is 5.16. The second-order valence-corrected chi connectivity index (χ2v) is 4.94. The van der Waals surface area contributed by atoms with Crippen LogP contribution < -0.4 is 10.1 Å². The average molecular weight is 294 g/mol. The van der Waals surface area contributed by atoms with Crippen LogP contribution in [0, 0.1) is 11.3 Å². The highest BCUT2D eigenvalue weighted by molar-refractivity contribution is 5.94. The first kappa shape index (κ1) is 15.6. The Morgan fingerprint density at radius 1 is 1.27 bits per heavy atom. The molecule has 0 spiro atoms. The number of amides is 1. The molecule has 22 heavy (non-hydrogen) atoms. The SMILES string of the molecule is CCc1ccc(OC(C)C(=O)Nc2cccc(C#N)c2)cc1. The molecule has 112 valence electrons. The van der Waals surface area contributed by atoms with Gasteiger partial charge in [0.25, 0.3) is 5.91 Å². The summed E-state index contributed by atoms with van der Waals surface area (Å²) in [6.07, 6.45) is 0.337. The fourth-order valence-corrected chi connectivity index (χ4v) is 1.97. The highest BCUT2D eigenvalue weighted by atomic mass is 16.5. The molecule has 0 aliphatic rings. The van der Waals surface area contributed by atoms with Crippen molar-refractivity contribution in [2.24, 2.45) is 0 Å². The topological polar surface area (TPSA) is 62.1 Å². The van der Waals surface area contributed by atoms with E-state index in [1.165, 1.54) is 5.56 Å². The zero-order chi connectivity index (χ0) is 15.9. The number of hydrogen-bond acceptors (Lipinski definition) is 3. The van der Waals surface area contributed by atoms with E-state index in [1.807, 2.05) is 30.3 Å². The maximum atomic E-state index is 12.1. The van der Waals surface area contributed by atoms with Gasteiger partial charge in [0.05, 0.1) is 11.6 Å². The monoisotopic (exact) mass is 294 g/mol. The lowest BCUT2D eigenvalue weighted by molar-refractivity contribution is -0.122. The summed E-state index contributed by atoms with van der Waals surface area (Å²) >= 11 is 0. The summed E-state index contributed by atoms with van der Waals surface area (Å²) in [7, 11) is 0. The Balaban J connectivity index is 1.97. The fourth-order valence-electron chi connectivity index (χ4n) is 1.97. The van der Waals surface area contributed by atoms with Crippen LogP contribution in [-0.4, -0.2) is 12.0 Å². The van der Waals surface area contributed by atoms with E-state index in [2.05, 4.69) is 12.2 Å². The number of anilines is 1. The molecule has 2 rings (SSSR count). The van der Waals surface area contributed by atoms with Crippen molar-refractivity contribution in [2.75, 3.05) is 5.32 Å². The molecule has 4 nitrogen and oxygen atoms in total. The molecule has 4 heteroatoms. The molecule has 2 aromatic carbocycles. The minimum atomic E-state index is -0.627. The smallest absolute Gasteiger partial charge is 0.265 e. The van der Waals surface area contributed by atoms with Gasteiger partial charge in [-0.2, -0.15) is 5.26 Å². The number of aryl methyl sites for hydroxylation is 1. The van der Waals surface area contributed by atoms with Crippen LogP contribution in [-0.2, 0) is 11.2 Å². The first-order valence-corrected chi connectivity index (χ1v) is 7.19. The molecule has 2 aromatic rings. The van der Waals surface area contributed by atoms with Gasteiger partial charge in [-0.1, -0.05) is 25.1 Å². The van der Waals surface area contributed by atoms with Crippen molar-refractivity contribution in [3.63, 3.8) is 0 Å². The van der Waals surface area contributed by atoms with Gasteiger partial charge in [-0.25, -0.2) is 0 Å². The molecule has 0 radical (unpaired) electrons. The number of rotatable bonds is 5. The van der Waals surface area contributed by atoms with E-state index in [1.54, 1.807) is 31.2 Å². The maximum absolute atomic E-state index is 12.1. The first-order chi connectivity index (χ1) is 10.6. The normalized spacial score (nSPS) is 11.3. The number of hydrogen-bond donors (Lipinski definition) is 1. The largest absolute Gasteiger partial charge is 0.481 e. The summed E-state index contributed by atoms with van der Waals surface area (Å²) in [5.41, 5.74) is 2.31. The van der Waals surface area contributed by atoms with Crippen LogP contribution >= 0.6 is 0 Å². The van der Waals surface area contributed by atoms with Crippen LogP contribution in [0.3, 0.4) is 0 Å². The Labute approximate surface area is 130 Å². The van der Waals surface area contributed by atoms with Crippen LogP contribution in [0.2, 0.25) is 0 Å². The molecule has 0 saturated carbocycles. The molecule has 0 aliphatic carbocycles. The third kappa shape index (κ3) is 4.10. The Morgan fingerprint density at radius 2 is 2.00 bits per heavy atom. The summed E-state index contributed by atoms with van der Waals surface area (Å²) in [6.45, 7) is 3.78. The number of carbonyl (C=O) groups excluding carboxylic acids is 1. The molecule has 0 bridgehead atoms. The van der Waals surface area contributed by atoms with E-state index in [-0.39, 0.29) is 5.91 Å². The van der Waals surface area contributed by atoms with Gasteiger partial charge in [0.15, 0.2) is 6.10 Å². The van der Waals surface area contributed by atoms with Crippen molar-refractivity contribution >= 4 is 11.6 Å². The highest BCUT2D eigenvalue weighted by Gasteiger charge is 2.15. The quantitative estimate of drug-likeness (QED) is 0.917. The number of carbonyl (C=O) groups is 1. The zero-order valence-electron chi connectivity index (χ0n) is 12.7. The molecule has 1 amide bonds. The van der Waals surface area contributed by atoms with E-state index in [0.29, 0.717) is 17.0 Å². The van der Waals surface area contributed by atoms with Gasteiger partial charge in [0.1, 0.15) is 5.75 Å². The molecule has 0 aliphatic heterocycles. The van der Waals surface area contributed by atoms with Crippen LogP contribution in [0.15, 0.2) is 48.5 Å². The van der Waals surface area contributed by atoms with Gasteiger partial charge in [-0.15, -0.1) is 0 Å². The predicted octanol–water partition coefficient (Wildman–Crippen LogP) is 3.53. The van der Waals surface area contributed by atoms with Crippen molar-refractivity contribution in [3.05, 3.63) is 59.7 Å². The van der Waals surface area contributed by atoms with Gasteiger partial charge in [0.2, 0.25) is 0 Å². The van der Waals surface area contributed by atoms with E-state index < -0.39 is 6.10 Å². The lowest BCUT2D eigenvalue weighted by Gasteiger charge is -2.15. The summed E-state index contributed by atoms with van der Waals surface area (Å²) in [4.78, 5) is 12.1. The van der Waals surface area contributed by atoms with Crippen LogP contribution in [0.4, 0.5) is 5.69 Å². The lowest BCUT2D eigenvalue weighted by atomic mass is 10.2. The Bertz CT molecular complexity index is 687.